The third kappa shape index (κ3) is 58.9. The SMILES string of the molecule is CCCCCCCC/C=C\CCCCCCCCCCCC(=O)OC[C@H](COC(=O)CCCCCCCCCCCCCCCCC)OC(=O)CCCCCCCCCCCCCCCCCCCCC. The number of ether oxygens (including phenoxy) is 3. The van der Waals surface area contributed by atoms with E-state index in [1.165, 1.54) is 270 Å². The van der Waals surface area contributed by atoms with E-state index in [2.05, 4.69) is 32.9 Å². The topological polar surface area (TPSA) is 78.9 Å². The summed E-state index contributed by atoms with van der Waals surface area (Å²) in [4.78, 5) is 38.3. The molecule has 0 radical (unpaired) electrons. The molecule has 0 saturated carbocycles. The Kier molecular flexibility index (Phi) is 59.1. The van der Waals surface area contributed by atoms with Gasteiger partial charge in [0.2, 0.25) is 0 Å². The molecular formula is C65H124O6. The van der Waals surface area contributed by atoms with Crippen LogP contribution in [0.4, 0.5) is 0 Å². The highest BCUT2D eigenvalue weighted by atomic mass is 16.6. The van der Waals surface area contributed by atoms with Crippen LogP contribution >= 0.6 is 0 Å². The molecule has 0 spiro atoms. The molecule has 0 aromatic rings. The van der Waals surface area contributed by atoms with Gasteiger partial charge in [0.25, 0.3) is 0 Å². The Bertz CT molecular complexity index is 1100. The summed E-state index contributed by atoms with van der Waals surface area (Å²) in [5, 5.41) is 0. The number of hydrogen-bond acceptors (Lipinski definition) is 6. The molecule has 0 aromatic heterocycles. The van der Waals surface area contributed by atoms with Crippen LogP contribution < -0.4 is 0 Å². The van der Waals surface area contributed by atoms with Gasteiger partial charge in [0.05, 0.1) is 0 Å². The summed E-state index contributed by atoms with van der Waals surface area (Å²) in [7, 11) is 0. The monoisotopic (exact) mass is 1000 g/mol. The highest BCUT2D eigenvalue weighted by molar-refractivity contribution is 5.71. The lowest BCUT2D eigenvalue weighted by Gasteiger charge is -2.18. The van der Waals surface area contributed by atoms with Gasteiger partial charge < -0.3 is 14.2 Å². The van der Waals surface area contributed by atoms with Crippen LogP contribution in [0.2, 0.25) is 0 Å². The summed E-state index contributed by atoms with van der Waals surface area (Å²) in [5.74, 6) is -0.834. The summed E-state index contributed by atoms with van der Waals surface area (Å²) in [6.45, 7) is 6.71. The molecule has 6 heteroatoms. The Morgan fingerprint density at radius 3 is 0.704 bits per heavy atom. The fraction of sp³-hybridized carbons (Fsp3) is 0.923. The predicted molar refractivity (Wildman–Crippen MR) is 307 cm³/mol. The minimum atomic E-state index is -0.766. The average Bonchev–Trinajstić information content (AvgIpc) is 3.37. The van der Waals surface area contributed by atoms with Crippen molar-refractivity contribution in [2.75, 3.05) is 13.2 Å². The minimum absolute atomic E-state index is 0.0637. The first-order valence-corrected chi connectivity index (χ1v) is 32.2. The molecule has 0 aliphatic heterocycles. The van der Waals surface area contributed by atoms with Crippen LogP contribution in [0.1, 0.15) is 367 Å². The number of carbonyl (C=O) groups is 3. The second-order valence-electron chi connectivity index (χ2n) is 22.0. The van der Waals surface area contributed by atoms with Crippen molar-refractivity contribution in [1.82, 2.24) is 0 Å². The number of carbonyl (C=O) groups excluding carboxylic acids is 3. The lowest BCUT2D eigenvalue weighted by atomic mass is 10.0. The summed E-state index contributed by atoms with van der Waals surface area (Å²) in [5.41, 5.74) is 0. The molecule has 71 heavy (non-hydrogen) atoms. The lowest BCUT2D eigenvalue weighted by molar-refractivity contribution is -0.167. The van der Waals surface area contributed by atoms with Gasteiger partial charge in [-0.2, -0.15) is 0 Å². The quantitative estimate of drug-likeness (QED) is 0.0261. The van der Waals surface area contributed by atoms with Crippen molar-refractivity contribution in [2.45, 2.75) is 374 Å². The molecule has 0 rings (SSSR count). The maximum Gasteiger partial charge on any atom is 0.306 e. The van der Waals surface area contributed by atoms with Crippen molar-refractivity contribution in [3.05, 3.63) is 12.2 Å². The van der Waals surface area contributed by atoms with E-state index < -0.39 is 6.10 Å². The van der Waals surface area contributed by atoms with Gasteiger partial charge in [-0.05, 0) is 44.9 Å². The van der Waals surface area contributed by atoms with E-state index >= 15 is 0 Å². The van der Waals surface area contributed by atoms with Crippen molar-refractivity contribution in [3.63, 3.8) is 0 Å². The fourth-order valence-corrected chi connectivity index (χ4v) is 9.91. The Hall–Kier alpha value is -1.85. The summed E-state index contributed by atoms with van der Waals surface area (Å²) in [6, 6.07) is 0. The second-order valence-corrected chi connectivity index (χ2v) is 22.0. The Morgan fingerprint density at radius 2 is 0.465 bits per heavy atom. The minimum Gasteiger partial charge on any atom is -0.462 e. The molecule has 6 nitrogen and oxygen atoms in total. The van der Waals surface area contributed by atoms with Crippen LogP contribution in [0.3, 0.4) is 0 Å². The summed E-state index contributed by atoms with van der Waals surface area (Å²) >= 11 is 0. The second kappa shape index (κ2) is 60.7. The standard InChI is InChI=1S/C65H124O6/c1-4-7-10-13-16-19-22-25-28-30-32-34-37-40-43-46-49-52-55-58-64(67)70-61-62(60-69-63(66)57-54-51-48-45-42-39-36-27-24-21-18-15-12-9-6-3)71-65(68)59-56-53-50-47-44-41-38-35-33-31-29-26-23-20-17-14-11-8-5-2/h25,28,62H,4-24,26-27,29-61H2,1-3H3/b28-25-/t62-/m0/s1. The van der Waals surface area contributed by atoms with Crippen molar-refractivity contribution < 1.29 is 28.6 Å². The molecule has 1 atom stereocenters. The zero-order valence-electron chi connectivity index (χ0n) is 48.3. The number of hydrogen-bond donors (Lipinski definition) is 0. The number of allylic oxidation sites excluding steroid dienone is 2. The maximum absolute atomic E-state index is 12.9. The van der Waals surface area contributed by atoms with E-state index in [0.717, 1.165) is 57.8 Å². The van der Waals surface area contributed by atoms with Gasteiger partial charge in [0, 0.05) is 19.3 Å². The van der Waals surface area contributed by atoms with Crippen LogP contribution in [0, 0.1) is 0 Å². The van der Waals surface area contributed by atoms with Gasteiger partial charge in [-0.1, -0.05) is 315 Å². The molecule has 0 saturated heterocycles. The molecule has 0 aromatic carbocycles. The molecule has 0 N–H and O–H groups in total. The maximum atomic E-state index is 12.9. The third-order valence-electron chi connectivity index (χ3n) is 14.8. The Morgan fingerprint density at radius 1 is 0.268 bits per heavy atom. The first kappa shape index (κ1) is 69.2. The molecule has 0 fully saturated rings. The summed E-state index contributed by atoms with van der Waals surface area (Å²) in [6.07, 6.45) is 70.7. The number of rotatable bonds is 60. The van der Waals surface area contributed by atoms with E-state index in [1.54, 1.807) is 0 Å². The molecule has 0 aliphatic rings. The largest absolute Gasteiger partial charge is 0.462 e. The van der Waals surface area contributed by atoms with E-state index in [-0.39, 0.29) is 31.1 Å². The van der Waals surface area contributed by atoms with Gasteiger partial charge in [0.15, 0.2) is 6.10 Å². The Labute approximate surface area is 443 Å². The molecular weight excluding hydrogens is 877 g/mol. The van der Waals surface area contributed by atoms with Crippen molar-refractivity contribution >= 4 is 17.9 Å². The van der Waals surface area contributed by atoms with E-state index in [4.69, 9.17) is 14.2 Å². The van der Waals surface area contributed by atoms with E-state index in [0.29, 0.717) is 19.3 Å². The first-order chi connectivity index (χ1) is 35.0. The highest BCUT2D eigenvalue weighted by Crippen LogP contribution is 2.18. The van der Waals surface area contributed by atoms with Gasteiger partial charge in [0.1, 0.15) is 13.2 Å². The van der Waals surface area contributed by atoms with Crippen molar-refractivity contribution in [2.24, 2.45) is 0 Å². The van der Waals surface area contributed by atoms with Crippen LogP contribution in [-0.2, 0) is 28.6 Å². The molecule has 0 aliphatic carbocycles. The molecule has 0 bridgehead atoms. The Balaban J connectivity index is 4.29. The normalized spacial score (nSPS) is 12.0. The lowest BCUT2D eigenvalue weighted by Crippen LogP contribution is -2.30. The smallest absolute Gasteiger partial charge is 0.306 e. The van der Waals surface area contributed by atoms with Gasteiger partial charge in [-0.3, -0.25) is 14.4 Å². The molecule has 0 amide bonds. The molecule has 0 unspecified atom stereocenters. The van der Waals surface area contributed by atoms with Crippen molar-refractivity contribution in [1.29, 1.82) is 0 Å². The van der Waals surface area contributed by atoms with Crippen LogP contribution in [-0.4, -0.2) is 37.2 Å². The van der Waals surface area contributed by atoms with E-state index in [1.807, 2.05) is 0 Å². The molecule has 420 valence electrons. The average molecular weight is 1000 g/mol. The predicted octanol–water partition coefficient (Wildman–Crippen LogP) is 21.7. The molecule has 0 heterocycles. The first-order valence-electron chi connectivity index (χ1n) is 32.2. The fourth-order valence-electron chi connectivity index (χ4n) is 9.91. The van der Waals surface area contributed by atoms with Crippen LogP contribution in [0.5, 0.6) is 0 Å². The van der Waals surface area contributed by atoms with Gasteiger partial charge in [-0.15, -0.1) is 0 Å². The van der Waals surface area contributed by atoms with Crippen molar-refractivity contribution in [3.8, 4) is 0 Å². The highest BCUT2D eigenvalue weighted by Gasteiger charge is 2.19. The van der Waals surface area contributed by atoms with Crippen LogP contribution in [0.15, 0.2) is 12.2 Å². The number of unbranched alkanes of at least 4 members (excludes halogenated alkanes) is 47. The third-order valence-corrected chi connectivity index (χ3v) is 14.8. The van der Waals surface area contributed by atoms with E-state index in [9.17, 15) is 14.4 Å². The van der Waals surface area contributed by atoms with Gasteiger partial charge in [-0.25, -0.2) is 0 Å². The number of esters is 3. The van der Waals surface area contributed by atoms with Gasteiger partial charge >= 0.3 is 17.9 Å². The summed E-state index contributed by atoms with van der Waals surface area (Å²) < 4.78 is 17.0. The zero-order chi connectivity index (χ0) is 51.4. The zero-order valence-corrected chi connectivity index (χ0v) is 48.3. The van der Waals surface area contributed by atoms with Crippen LogP contribution in [0.25, 0.3) is 0 Å².